The van der Waals surface area contributed by atoms with Gasteiger partial charge in [0.2, 0.25) is 11.9 Å². The molecule has 23 heavy (non-hydrogen) atoms. The molecule has 0 bridgehead atoms. The van der Waals surface area contributed by atoms with Crippen molar-refractivity contribution in [1.29, 1.82) is 0 Å². The lowest BCUT2D eigenvalue weighted by molar-refractivity contribution is -0.141. The molecule has 128 valence electrons. The number of hydrogen-bond acceptors (Lipinski definition) is 6. The quantitative estimate of drug-likeness (QED) is 0.668. The summed E-state index contributed by atoms with van der Waals surface area (Å²) in [6, 6.07) is 0.982. The van der Waals surface area contributed by atoms with Crippen LogP contribution in [-0.4, -0.2) is 53.1 Å². The first-order chi connectivity index (χ1) is 10.9. The SMILES string of the molecule is O=C(CC1CSCCN1)NCCNc1nccc(C(F)(F)F)n1. The number of carbonyl (C=O) groups excluding carboxylic acids is 1. The van der Waals surface area contributed by atoms with E-state index in [1.165, 1.54) is 0 Å². The summed E-state index contributed by atoms with van der Waals surface area (Å²) in [4.78, 5) is 18.8. The van der Waals surface area contributed by atoms with E-state index in [0.29, 0.717) is 6.42 Å². The lowest BCUT2D eigenvalue weighted by Gasteiger charge is -2.22. The molecule has 10 heteroatoms. The van der Waals surface area contributed by atoms with Crippen molar-refractivity contribution in [2.45, 2.75) is 18.6 Å². The van der Waals surface area contributed by atoms with Gasteiger partial charge in [0.25, 0.3) is 0 Å². The molecule has 1 atom stereocenters. The van der Waals surface area contributed by atoms with Crippen LogP contribution in [0.1, 0.15) is 12.1 Å². The zero-order chi connectivity index (χ0) is 16.7. The zero-order valence-corrected chi connectivity index (χ0v) is 13.1. The summed E-state index contributed by atoms with van der Waals surface area (Å²) < 4.78 is 37.5. The van der Waals surface area contributed by atoms with E-state index < -0.39 is 11.9 Å². The third-order valence-electron chi connectivity index (χ3n) is 3.11. The Hall–Kier alpha value is -1.55. The number of rotatable bonds is 6. The molecule has 1 aliphatic rings. The number of halogens is 3. The van der Waals surface area contributed by atoms with Crippen molar-refractivity contribution in [3.8, 4) is 0 Å². The lowest BCUT2D eigenvalue weighted by atomic mass is 10.2. The molecule has 0 saturated carbocycles. The Morgan fingerprint density at radius 2 is 2.26 bits per heavy atom. The van der Waals surface area contributed by atoms with E-state index in [1.54, 1.807) is 0 Å². The van der Waals surface area contributed by atoms with Crippen LogP contribution in [0.3, 0.4) is 0 Å². The summed E-state index contributed by atoms with van der Waals surface area (Å²) in [6.07, 6.45) is -3.06. The minimum Gasteiger partial charge on any atom is -0.354 e. The molecule has 6 nitrogen and oxygen atoms in total. The van der Waals surface area contributed by atoms with E-state index in [9.17, 15) is 18.0 Å². The first-order valence-electron chi connectivity index (χ1n) is 7.17. The molecule has 0 aliphatic carbocycles. The molecule has 3 N–H and O–H groups in total. The van der Waals surface area contributed by atoms with Gasteiger partial charge in [-0.15, -0.1) is 0 Å². The van der Waals surface area contributed by atoms with Crippen LogP contribution < -0.4 is 16.0 Å². The Morgan fingerprint density at radius 1 is 1.43 bits per heavy atom. The number of nitrogens with one attached hydrogen (secondary N) is 3. The minimum absolute atomic E-state index is 0.0863. The van der Waals surface area contributed by atoms with E-state index in [1.807, 2.05) is 11.8 Å². The first-order valence-corrected chi connectivity index (χ1v) is 8.32. The maximum Gasteiger partial charge on any atom is 0.433 e. The molecular weight excluding hydrogens is 331 g/mol. The van der Waals surface area contributed by atoms with Crippen molar-refractivity contribution in [2.75, 3.05) is 36.5 Å². The molecule has 1 aromatic heterocycles. The van der Waals surface area contributed by atoms with Gasteiger partial charge in [-0.05, 0) is 6.07 Å². The third-order valence-corrected chi connectivity index (χ3v) is 4.24. The summed E-state index contributed by atoms with van der Waals surface area (Å²) >= 11 is 1.81. The average Bonchev–Trinajstić information content (AvgIpc) is 2.52. The Balaban J connectivity index is 1.68. The highest BCUT2D eigenvalue weighted by Gasteiger charge is 2.32. The number of carbonyl (C=O) groups is 1. The van der Waals surface area contributed by atoms with Gasteiger partial charge in [0.15, 0.2) is 0 Å². The van der Waals surface area contributed by atoms with Crippen molar-refractivity contribution < 1.29 is 18.0 Å². The molecule has 2 rings (SSSR count). The van der Waals surface area contributed by atoms with Crippen LogP contribution in [0.4, 0.5) is 19.1 Å². The molecule has 1 fully saturated rings. The van der Waals surface area contributed by atoms with Gasteiger partial charge in [-0.3, -0.25) is 4.79 Å². The van der Waals surface area contributed by atoms with Gasteiger partial charge in [0.1, 0.15) is 5.69 Å². The number of aromatic nitrogens is 2. The van der Waals surface area contributed by atoms with Crippen molar-refractivity contribution >= 4 is 23.6 Å². The van der Waals surface area contributed by atoms with Gasteiger partial charge in [0, 0.05) is 49.8 Å². The maximum atomic E-state index is 12.5. The lowest BCUT2D eigenvalue weighted by Crippen LogP contribution is -2.42. The Labute approximate surface area is 136 Å². The maximum absolute atomic E-state index is 12.5. The van der Waals surface area contributed by atoms with Crippen LogP contribution in [0, 0.1) is 0 Å². The van der Waals surface area contributed by atoms with Crippen molar-refractivity contribution in [3.63, 3.8) is 0 Å². The van der Waals surface area contributed by atoms with Gasteiger partial charge >= 0.3 is 6.18 Å². The highest BCUT2D eigenvalue weighted by molar-refractivity contribution is 7.99. The summed E-state index contributed by atoms with van der Waals surface area (Å²) in [5, 5.41) is 8.64. The zero-order valence-electron chi connectivity index (χ0n) is 12.3. The fourth-order valence-corrected chi connectivity index (χ4v) is 2.97. The highest BCUT2D eigenvalue weighted by atomic mass is 32.2. The second-order valence-electron chi connectivity index (χ2n) is 4.97. The summed E-state index contributed by atoms with van der Waals surface area (Å²) in [7, 11) is 0. The number of thioether (sulfide) groups is 1. The average molecular weight is 349 g/mol. The van der Waals surface area contributed by atoms with Crippen LogP contribution in [0.5, 0.6) is 0 Å². The molecule has 0 aromatic carbocycles. The van der Waals surface area contributed by atoms with Gasteiger partial charge < -0.3 is 16.0 Å². The Morgan fingerprint density at radius 3 is 2.96 bits per heavy atom. The molecule has 1 unspecified atom stereocenters. The number of amides is 1. The molecular formula is C13H18F3N5OS. The van der Waals surface area contributed by atoms with Crippen LogP contribution in [0.25, 0.3) is 0 Å². The van der Waals surface area contributed by atoms with E-state index in [0.717, 1.165) is 30.3 Å². The molecule has 1 saturated heterocycles. The van der Waals surface area contributed by atoms with Crippen LogP contribution in [0.15, 0.2) is 12.3 Å². The fourth-order valence-electron chi connectivity index (χ4n) is 2.02. The molecule has 1 aromatic rings. The van der Waals surface area contributed by atoms with E-state index in [2.05, 4.69) is 25.9 Å². The Kier molecular flexibility index (Phi) is 6.46. The number of anilines is 1. The number of alkyl halides is 3. The Bertz CT molecular complexity index is 523. The van der Waals surface area contributed by atoms with Gasteiger partial charge in [-0.2, -0.15) is 24.9 Å². The monoisotopic (exact) mass is 349 g/mol. The number of hydrogen-bond donors (Lipinski definition) is 3. The predicted molar refractivity (Wildman–Crippen MR) is 82.3 cm³/mol. The molecule has 1 aliphatic heterocycles. The van der Waals surface area contributed by atoms with Crippen molar-refractivity contribution in [2.24, 2.45) is 0 Å². The van der Waals surface area contributed by atoms with Crippen molar-refractivity contribution in [3.05, 3.63) is 18.0 Å². The number of nitrogens with zero attached hydrogens (tertiary/aromatic N) is 2. The molecule has 2 heterocycles. The standard InChI is InChI=1S/C13H18F3N5OS/c14-13(15,16)10-1-2-19-12(21-10)20-4-3-18-11(22)7-9-8-23-6-5-17-9/h1-2,9,17H,3-8H2,(H,18,22)(H,19,20,21). The molecule has 1 amide bonds. The third kappa shape index (κ3) is 6.22. The summed E-state index contributed by atoms with van der Waals surface area (Å²) in [6.45, 7) is 1.44. The summed E-state index contributed by atoms with van der Waals surface area (Å²) in [5.74, 6) is 1.76. The topological polar surface area (TPSA) is 78.9 Å². The van der Waals surface area contributed by atoms with Crippen LogP contribution in [0.2, 0.25) is 0 Å². The molecule has 0 radical (unpaired) electrons. The van der Waals surface area contributed by atoms with Gasteiger partial charge in [-0.1, -0.05) is 0 Å². The second kappa shape index (κ2) is 8.34. The predicted octanol–water partition coefficient (Wildman–Crippen LogP) is 1.12. The largest absolute Gasteiger partial charge is 0.433 e. The van der Waals surface area contributed by atoms with Gasteiger partial charge in [-0.25, -0.2) is 9.97 Å². The fraction of sp³-hybridized carbons (Fsp3) is 0.615. The van der Waals surface area contributed by atoms with Crippen LogP contribution in [-0.2, 0) is 11.0 Å². The first kappa shape index (κ1) is 17.8. The normalized spacial score (nSPS) is 18.5. The van der Waals surface area contributed by atoms with Crippen LogP contribution >= 0.6 is 11.8 Å². The minimum atomic E-state index is -4.50. The smallest absolute Gasteiger partial charge is 0.354 e. The van der Waals surface area contributed by atoms with E-state index in [-0.39, 0.29) is 31.0 Å². The second-order valence-corrected chi connectivity index (χ2v) is 6.12. The van der Waals surface area contributed by atoms with Crippen molar-refractivity contribution in [1.82, 2.24) is 20.6 Å². The van der Waals surface area contributed by atoms with E-state index >= 15 is 0 Å². The molecule has 0 spiro atoms. The van der Waals surface area contributed by atoms with Gasteiger partial charge in [0.05, 0.1) is 0 Å². The summed E-state index contributed by atoms with van der Waals surface area (Å²) in [5.41, 5.74) is -1.00. The highest BCUT2D eigenvalue weighted by Crippen LogP contribution is 2.27. The van der Waals surface area contributed by atoms with E-state index in [4.69, 9.17) is 0 Å².